The van der Waals surface area contributed by atoms with Crippen molar-refractivity contribution >= 4 is 11.5 Å². The van der Waals surface area contributed by atoms with Crippen molar-refractivity contribution in [2.75, 3.05) is 0 Å². The van der Waals surface area contributed by atoms with Crippen molar-refractivity contribution in [3.63, 3.8) is 0 Å². The van der Waals surface area contributed by atoms with Crippen LogP contribution in [0.15, 0.2) is 69.8 Å². The van der Waals surface area contributed by atoms with E-state index in [-0.39, 0.29) is 11.2 Å². The molecule has 0 saturated heterocycles. The van der Waals surface area contributed by atoms with Crippen molar-refractivity contribution < 1.29 is 4.79 Å². The summed E-state index contributed by atoms with van der Waals surface area (Å²) >= 11 is 0. The van der Waals surface area contributed by atoms with E-state index < -0.39 is 17.4 Å². The zero-order valence-corrected chi connectivity index (χ0v) is 17.2. The number of nitrogens with zero attached hydrogens (tertiary/aromatic N) is 4. The van der Waals surface area contributed by atoms with Crippen LogP contribution in [0.5, 0.6) is 0 Å². The van der Waals surface area contributed by atoms with Gasteiger partial charge in [0.1, 0.15) is 6.04 Å². The highest BCUT2D eigenvalue weighted by molar-refractivity contribution is 6.04. The van der Waals surface area contributed by atoms with Crippen LogP contribution < -0.4 is 11.4 Å². The Morgan fingerprint density at radius 1 is 0.935 bits per heavy atom. The third-order valence-corrected chi connectivity index (χ3v) is 6.02. The highest BCUT2D eigenvalue weighted by Crippen LogP contribution is 2.46. The summed E-state index contributed by atoms with van der Waals surface area (Å²) in [6.07, 6.45) is 0.865. The van der Waals surface area contributed by atoms with Crippen LogP contribution in [0.3, 0.4) is 0 Å². The molecule has 0 N–H and O–H groups in total. The monoisotopic (exact) mass is 412 g/mol. The Labute approximate surface area is 178 Å². The van der Waals surface area contributed by atoms with E-state index in [1.54, 1.807) is 48.5 Å². The summed E-state index contributed by atoms with van der Waals surface area (Å²) in [5.41, 5.74) is 1.46. The van der Waals surface area contributed by atoms with E-state index in [1.807, 2.05) is 19.9 Å². The lowest BCUT2D eigenvalue weighted by molar-refractivity contribution is -0.118. The van der Waals surface area contributed by atoms with E-state index in [4.69, 9.17) is 5.26 Å². The Hall–Kier alpha value is -3.92. The van der Waals surface area contributed by atoms with Crippen molar-refractivity contribution in [2.45, 2.75) is 32.7 Å². The molecule has 3 aromatic rings. The van der Waals surface area contributed by atoms with Crippen molar-refractivity contribution in [3.05, 3.63) is 92.3 Å². The van der Waals surface area contributed by atoms with Gasteiger partial charge in [-0.2, -0.15) is 5.26 Å². The molecule has 1 aromatic heterocycles. The molecule has 1 aliphatic carbocycles. The lowest BCUT2D eigenvalue weighted by Gasteiger charge is -2.30. The SMILES string of the molecule is CC1(C)CC(=O)C2=C(C1)n1c(=O)n(-c3ccccc3)c(=O)n1C2c1ccc(C#N)cc1. The number of para-hydroxylation sites is 1. The van der Waals surface area contributed by atoms with Crippen LogP contribution in [0.2, 0.25) is 0 Å². The number of benzene rings is 2. The molecule has 0 fully saturated rings. The van der Waals surface area contributed by atoms with Gasteiger partial charge < -0.3 is 0 Å². The second-order valence-corrected chi connectivity index (χ2v) is 8.83. The first-order chi connectivity index (χ1) is 14.8. The van der Waals surface area contributed by atoms with Crippen LogP contribution >= 0.6 is 0 Å². The van der Waals surface area contributed by atoms with E-state index in [0.717, 1.165) is 4.57 Å². The standard InChI is InChI=1S/C24H20N4O3/c1-24(2)12-18-20(19(29)13-24)21(16-10-8-15(14-25)9-11-16)28-23(31)26(22(30)27(18)28)17-6-4-3-5-7-17/h3-11,21H,12-13H2,1-2H3. The number of hydrogen-bond acceptors (Lipinski definition) is 4. The molecule has 0 saturated carbocycles. The molecule has 2 heterocycles. The fourth-order valence-corrected chi connectivity index (χ4v) is 4.70. The van der Waals surface area contributed by atoms with Gasteiger partial charge in [-0.05, 0) is 41.7 Å². The van der Waals surface area contributed by atoms with Crippen LogP contribution in [-0.2, 0) is 4.79 Å². The summed E-state index contributed by atoms with van der Waals surface area (Å²) in [5.74, 6) is -0.0538. The van der Waals surface area contributed by atoms with Crippen molar-refractivity contribution in [3.8, 4) is 11.8 Å². The first-order valence-electron chi connectivity index (χ1n) is 10.1. The normalized spacial score (nSPS) is 19.1. The molecule has 154 valence electrons. The molecule has 7 heteroatoms. The Bertz CT molecular complexity index is 1410. The van der Waals surface area contributed by atoms with E-state index in [2.05, 4.69) is 6.07 Å². The molecule has 1 aliphatic heterocycles. The average Bonchev–Trinajstić information content (AvgIpc) is 3.21. The average molecular weight is 412 g/mol. The highest BCUT2D eigenvalue weighted by atomic mass is 16.2. The summed E-state index contributed by atoms with van der Waals surface area (Å²) in [5, 5.41) is 9.13. The molecule has 1 unspecified atom stereocenters. The molecule has 2 aliphatic rings. The Kier molecular flexibility index (Phi) is 4.02. The lowest BCUT2D eigenvalue weighted by atomic mass is 9.74. The van der Waals surface area contributed by atoms with Gasteiger partial charge in [0.05, 0.1) is 23.0 Å². The minimum absolute atomic E-state index is 0.0538. The van der Waals surface area contributed by atoms with Crippen molar-refractivity contribution in [2.24, 2.45) is 5.41 Å². The van der Waals surface area contributed by atoms with Gasteiger partial charge in [0, 0.05) is 12.0 Å². The zero-order valence-electron chi connectivity index (χ0n) is 17.2. The van der Waals surface area contributed by atoms with Gasteiger partial charge in [-0.3, -0.25) is 4.79 Å². The highest BCUT2D eigenvalue weighted by Gasteiger charge is 2.45. The maximum atomic E-state index is 13.5. The second kappa shape index (κ2) is 6.54. The minimum atomic E-state index is -0.698. The maximum Gasteiger partial charge on any atom is 0.356 e. The predicted molar refractivity (Wildman–Crippen MR) is 115 cm³/mol. The summed E-state index contributed by atoms with van der Waals surface area (Å²) in [4.78, 5) is 40.2. The molecule has 0 bridgehead atoms. The Morgan fingerprint density at radius 2 is 1.61 bits per heavy atom. The van der Waals surface area contributed by atoms with Crippen LogP contribution in [0.4, 0.5) is 0 Å². The second-order valence-electron chi connectivity index (χ2n) is 8.83. The van der Waals surface area contributed by atoms with Gasteiger partial charge in [0.2, 0.25) is 0 Å². The molecule has 0 radical (unpaired) electrons. The van der Waals surface area contributed by atoms with Crippen LogP contribution in [0, 0.1) is 16.7 Å². The molecule has 0 spiro atoms. The first kappa shape index (κ1) is 19.1. The minimum Gasteiger partial charge on any atom is -0.294 e. The van der Waals surface area contributed by atoms with E-state index in [1.165, 1.54) is 9.36 Å². The Morgan fingerprint density at radius 3 is 2.26 bits per heavy atom. The summed E-state index contributed by atoms with van der Waals surface area (Å²) < 4.78 is 3.92. The van der Waals surface area contributed by atoms with Gasteiger partial charge in [-0.1, -0.05) is 44.2 Å². The zero-order chi connectivity index (χ0) is 21.9. The number of ketones is 1. The predicted octanol–water partition coefficient (Wildman–Crippen LogP) is 2.88. The number of nitriles is 1. The maximum absolute atomic E-state index is 13.5. The number of Topliss-reactive ketones (excluding diaryl/α,β-unsaturated/α-hetero) is 1. The first-order valence-corrected chi connectivity index (χ1v) is 10.1. The smallest absolute Gasteiger partial charge is 0.294 e. The summed E-state index contributed by atoms with van der Waals surface area (Å²) in [7, 11) is 0. The van der Waals surface area contributed by atoms with Crippen LogP contribution in [-0.4, -0.2) is 19.7 Å². The van der Waals surface area contributed by atoms with Gasteiger partial charge in [0.15, 0.2) is 5.78 Å². The molecule has 5 rings (SSSR count). The van der Waals surface area contributed by atoms with E-state index in [0.29, 0.717) is 40.9 Å². The molecular formula is C24H20N4O3. The summed E-state index contributed by atoms with van der Waals surface area (Å²) in [6.45, 7) is 3.98. The molecule has 31 heavy (non-hydrogen) atoms. The van der Waals surface area contributed by atoms with Crippen molar-refractivity contribution in [1.29, 1.82) is 5.26 Å². The van der Waals surface area contributed by atoms with Crippen LogP contribution in [0.25, 0.3) is 11.4 Å². The largest absolute Gasteiger partial charge is 0.356 e. The molecule has 2 aromatic carbocycles. The van der Waals surface area contributed by atoms with Crippen molar-refractivity contribution in [1.82, 2.24) is 13.9 Å². The van der Waals surface area contributed by atoms with Gasteiger partial charge in [-0.15, -0.1) is 0 Å². The van der Waals surface area contributed by atoms with Gasteiger partial charge in [0.25, 0.3) is 0 Å². The number of hydrogen-bond donors (Lipinski definition) is 0. The van der Waals surface area contributed by atoms with E-state index in [9.17, 15) is 14.4 Å². The fourth-order valence-electron chi connectivity index (χ4n) is 4.70. The third-order valence-electron chi connectivity index (χ3n) is 6.02. The van der Waals surface area contributed by atoms with Gasteiger partial charge >= 0.3 is 11.4 Å². The fraction of sp³-hybridized carbons (Fsp3) is 0.250. The summed E-state index contributed by atoms with van der Waals surface area (Å²) in [6, 6.07) is 17.0. The number of carbonyl (C=O) groups excluding carboxylic acids is 1. The molecule has 1 atom stereocenters. The lowest BCUT2D eigenvalue weighted by Crippen LogP contribution is -2.33. The topological polar surface area (TPSA) is 89.8 Å². The molecule has 0 amide bonds. The number of rotatable bonds is 2. The number of aromatic nitrogens is 3. The van der Waals surface area contributed by atoms with Gasteiger partial charge in [-0.25, -0.2) is 23.5 Å². The Balaban J connectivity index is 1.82. The number of allylic oxidation sites excluding steroid dienone is 2. The quantitative estimate of drug-likeness (QED) is 0.647. The van der Waals surface area contributed by atoms with E-state index >= 15 is 0 Å². The van der Waals surface area contributed by atoms with Crippen LogP contribution in [0.1, 0.15) is 43.9 Å². The third kappa shape index (κ3) is 2.76. The number of carbonyl (C=O) groups is 1. The molecular weight excluding hydrogens is 392 g/mol. The number of fused-ring (bicyclic) bond motifs is 2. The molecule has 7 nitrogen and oxygen atoms in total.